The van der Waals surface area contributed by atoms with Gasteiger partial charge < -0.3 is 5.01 Å². The number of nitro benzene ring substituents is 1. The van der Waals surface area contributed by atoms with E-state index in [4.69, 9.17) is 5.84 Å². The zero-order valence-electron chi connectivity index (χ0n) is 6.93. The Balaban J connectivity index is 2.60. The Kier molecular flexibility index (Phi) is 1.66. The van der Waals surface area contributed by atoms with Gasteiger partial charge in [0.2, 0.25) is 0 Å². The average molecular weight is 179 g/mol. The monoisotopic (exact) mass is 179 g/mol. The Morgan fingerprint density at radius 2 is 2.31 bits per heavy atom. The van der Waals surface area contributed by atoms with Crippen molar-refractivity contribution >= 4 is 11.4 Å². The van der Waals surface area contributed by atoms with Crippen molar-refractivity contribution in [3.8, 4) is 0 Å². The van der Waals surface area contributed by atoms with E-state index >= 15 is 0 Å². The Morgan fingerprint density at radius 3 is 3.00 bits per heavy atom. The fourth-order valence-corrected chi connectivity index (χ4v) is 1.61. The first-order valence-corrected chi connectivity index (χ1v) is 3.98. The summed E-state index contributed by atoms with van der Waals surface area (Å²) in [5.41, 5.74) is 1.61. The van der Waals surface area contributed by atoms with Crippen LogP contribution in [0.25, 0.3) is 0 Å². The number of hydrazine groups is 1. The highest BCUT2D eigenvalue weighted by Crippen LogP contribution is 2.34. The fraction of sp³-hybridized carbons (Fsp3) is 0.250. The second-order valence-electron chi connectivity index (χ2n) is 2.99. The SMILES string of the molecule is NN1CCc2cccc([N+](=O)[O-])c21. The van der Waals surface area contributed by atoms with Gasteiger partial charge in [0.05, 0.1) is 4.92 Å². The summed E-state index contributed by atoms with van der Waals surface area (Å²) in [7, 11) is 0. The molecule has 13 heavy (non-hydrogen) atoms. The molecule has 0 aromatic heterocycles. The minimum atomic E-state index is -0.399. The van der Waals surface area contributed by atoms with Gasteiger partial charge in [-0.3, -0.25) is 10.1 Å². The number of para-hydroxylation sites is 1. The highest BCUT2D eigenvalue weighted by Gasteiger charge is 2.25. The maximum Gasteiger partial charge on any atom is 0.294 e. The van der Waals surface area contributed by atoms with E-state index in [-0.39, 0.29) is 5.69 Å². The highest BCUT2D eigenvalue weighted by atomic mass is 16.6. The molecule has 1 aliphatic heterocycles. The van der Waals surface area contributed by atoms with Crippen LogP contribution in [0.1, 0.15) is 5.56 Å². The zero-order chi connectivity index (χ0) is 9.42. The van der Waals surface area contributed by atoms with Crippen molar-refractivity contribution in [3.63, 3.8) is 0 Å². The molecule has 0 saturated heterocycles. The van der Waals surface area contributed by atoms with Gasteiger partial charge in [-0.05, 0) is 12.0 Å². The van der Waals surface area contributed by atoms with Crippen molar-refractivity contribution in [2.45, 2.75) is 6.42 Å². The molecule has 2 N–H and O–H groups in total. The molecular weight excluding hydrogens is 170 g/mol. The van der Waals surface area contributed by atoms with Gasteiger partial charge in [0.25, 0.3) is 5.69 Å². The molecule has 1 aromatic carbocycles. The number of nitro groups is 1. The van der Waals surface area contributed by atoms with Gasteiger partial charge in [-0.25, -0.2) is 5.84 Å². The van der Waals surface area contributed by atoms with Crippen LogP contribution in [0.3, 0.4) is 0 Å². The molecule has 0 amide bonds. The predicted molar refractivity (Wildman–Crippen MR) is 48.3 cm³/mol. The van der Waals surface area contributed by atoms with Crippen LogP contribution in [-0.4, -0.2) is 11.5 Å². The molecule has 0 atom stereocenters. The summed E-state index contributed by atoms with van der Waals surface area (Å²) in [4.78, 5) is 10.2. The molecular formula is C8H9N3O2. The third kappa shape index (κ3) is 1.13. The van der Waals surface area contributed by atoms with Crippen LogP contribution in [0.15, 0.2) is 18.2 Å². The Hall–Kier alpha value is -1.62. The topological polar surface area (TPSA) is 72.4 Å². The molecule has 0 spiro atoms. The van der Waals surface area contributed by atoms with Gasteiger partial charge in [-0.15, -0.1) is 0 Å². The molecule has 0 aliphatic carbocycles. The summed E-state index contributed by atoms with van der Waals surface area (Å²) in [5, 5.41) is 12.1. The standard InChI is InChI=1S/C8H9N3O2/c9-10-5-4-6-2-1-3-7(8(6)10)11(12)13/h1-3H,4-5,9H2. The van der Waals surface area contributed by atoms with Crippen LogP contribution in [-0.2, 0) is 6.42 Å². The molecule has 1 aliphatic rings. The van der Waals surface area contributed by atoms with E-state index < -0.39 is 4.92 Å². The van der Waals surface area contributed by atoms with Crippen molar-refractivity contribution in [1.29, 1.82) is 0 Å². The maximum atomic E-state index is 10.6. The van der Waals surface area contributed by atoms with Crippen molar-refractivity contribution in [3.05, 3.63) is 33.9 Å². The predicted octanol–water partition coefficient (Wildman–Crippen LogP) is 0.831. The second kappa shape index (κ2) is 2.70. The van der Waals surface area contributed by atoms with E-state index in [2.05, 4.69) is 0 Å². The smallest absolute Gasteiger partial charge is 0.294 e. The Bertz CT molecular complexity index is 364. The molecule has 5 nitrogen and oxygen atoms in total. The minimum Gasteiger partial charge on any atom is -0.304 e. The lowest BCUT2D eigenvalue weighted by Gasteiger charge is -2.10. The minimum absolute atomic E-state index is 0.0949. The fourth-order valence-electron chi connectivity index (χ4n) is 1.61. The summed E-state index contributed by atoms with van der Waals surface area (Å²) in [5.74, 6) is 5.61. The molecule has 68 valence electrons. The summed E-state index contributed by atoms with van der Waals surface area (Å²) < 4.78 is 0. The van der Waals surface area contributed by atoms with Crippen LogP contribution < -0.4 is 10.9 Å². The highest BCUT2D eigenvalue weighted by molar-refractivity contribution is 5.69. The van der Waals surface area contributed by atoms with Gasteiger partial charge in [-0.1, -0.05) is 12.1 Å². The normalized spacial score (nSPS) is 14.4. The lowest BCUT2D eigenvalue weighted by Crippen LogP contribution is -2.28. The van der Waals surface area contributed by atoms with E-state index in [1.807, 2.05) is 6.07 Å². The first-order valence-electron chi connectivity index (χ1n) is 3.98. The van der Waals surface area contributed by atoms with Crippen LogP contribution >= 0.6 is 0 Å². The lowest BCUT2D eigenvalue weighted by atomic mass is 10.1. The molecule has 0 unspecified atom stereocenters. The average Bonchev–Trinajstić information content (AvgIpc) is 2.48. The van der Waals surface area contributed by atoms with Gasteiger partial charge >= 0.3 is 0 Å². The van der Waals surface area contributed by atoms with Crippen molar-refractivity contribution in [2.75, 3.05) is 11.6 Å². The number of benzene rings is 1. The number of hydrogen-bond donors (Lipinski definition) is 1. The lowest BCUT2D eigenvalue weighted by molar-refractivity contribution is -0.384. The van der Waals surface area contributed by atoms with Crippen molar-refractivity contribution in [1.82, 2.24) is 0 Å². The summed E-state index contributed by atoms with van der Waals surface area (Å²) in [6.45, 7) is 0.653. The molecule has 2 rings (SSSR count). The second-order valence-corrected chi connectivity index (χ2v) is 2.99. The first-order chi connectivity index (χ1) is 6.20. The molecule has 0 saturated carbocycles. The van der Waals surface area contributed by atoms with Crippen LogP contribution in [0.5, 0.6) is 0 Å². The Labute approximate surface area is 74.9 Å². The van der Waals surface area contributed by atoms with E-state index in [1.54, 1.807) is 6.07 Å². The molecule has 0 radical (unpaired) electrons. The quantitative estimate of drug-likeness (QED) is 0.393. The molecule has 1 aromatic rings. The van der Waals surface area contributed by atoms with Gasteiger partial charge in [-0.2, -0.15) is 0 Å². The number of fused-ring (bicyclic) bond motifs is 1. The first kappa shape index (κ1) is 8.00. The van der Waals surface area contributed by atoms with Crippen LogP contribution in [0.2, 0.25) is 0 Å². The third-order valence-electron chi connectivity index (χ3n) is 2.20. The van der Waals surface area contributed by atoms with Crippen LogP contribution in [0.4, 0.5) is 11.4 Å². The third-order valence-corrected chi connectivity index (χ3v) is 2.20. The number of rotatable bonds is 1. The largest absolute Gasteiger partial charge is 0.304 e. The van der Waals surface area contributed by atoms with Crippen molar-refractivity contribution in [2.24, 2.45) is 5.84 Å². The summed E-state index contributed by atoms with van der Waals surface area (Å²) in [6.07, 6.45) is 0.785. The number of hydrogen-bond acceptors (Lipinski definition) is 4. The molecule has 1 heterocycles. The van der Waals surface area contributed by atoms with E-state index in [0.717, 1.165) is 12.0 Å². The zero-order valence-corrected chi connectivity index (χ0v) is 6.93. The van der Waals surface area contributed by atoms with Crippen molar-refractivity contribution < 1.29 is 4.92 Å². The van der Waals surface area contributed by atoms with E-state index in [0.29, 0.717) is 12.2 Å². The maximum absolute atomic E-state index is 10.6. The Morgan fingerprint density at radius 1 is 1.54 bits per heavy atom. The molecule has 0 bridgehead atoms. The molecule has 0 fully saturated rings. The number of nitrogens with two attached hydrogens (primary N) is 1. The van der Waals surface area contributed by atoms with Gasteiger partial charge in [0, 0.05) is 12.6 Å². The van der Waals surface area contributed by atoms with E-state index in [1.165, 1.54) is 11.1 Å². The van der Waals surface area contributed by atoms with Crippen LogP contribution in [0, 0.1) is 10.1 Å². The van der Waals surface area contributed by atoms with Gasteiger partial charge in [0.1, 0.15) is 5.69 Å². The molecule has 5 heteroatoms. The summed E-state index contributed by atoms with van der Waals surface area (Å²) in [6, 6.07) is 5.04. The number of anilines is 1. The van der Waals surface area contributed by atoms with Gasteiger partial charge in [0.15, 0.2) is 0 Å². The summed E-state index contributed by atoms with van der Waals surface area (Å²) >= 11 is 0. The number of nitrogens with zero attached hydrogens (tertiary/aromatic N) is 2. The van der Waals surface area contributed by atoms with E-state index in [9.17, 15) is 10.1 Å².